The highest BCUT2D eigenvalue weighted by Gasteiger charge is 2.19. The second-order valence-electron chi connectivity index (χ2n) is 8.13. The largest absolute Gasteiger partial charge is 0.331 e. The minimum absolute atomic E-state index is 0.235. The standard InChI is InChI=1S/C26H23Cl3N4O2/c1-3-4-10-33-14-30-24-19(26(35)32-22-7-5-6-20(28)15(22)2)12-17(13-23(24)33)31-25(34)18-11-16(27)8-9-21(18)29/h5-9,11-14H,3-4,10H2,1-2H3,(H,31,34)(H,32,35). The fourth-order valence-electron chi connectivity index (χ4n) is 3.72. The predicted octanol–water partition coefficient (Wildman–Crippen LogP) is 7.61. The fraction of sp³-hybridized carbons (Fsp3) is 0.192. The number of fused-ring (bicyclic) bond motifs is 1. The van der Waals surface area contributed by atoms with Crippen LogP contribution in [0.4, 0.5) is 11.4 Å². The summed E-state index contributed by atoms with van der Waals surface area (Å²) in [6.45, 7) is 4.67. The van der Waals surface area contributed by atoms with E-state index in [0.717, 1.165) is 30.5 Å². The third-order valence-corrected chi connectivity index (χ3v) is 6.64. The molecular formula is C26H23Cl3N4O2. The number of imidazole rings is 1. The molecule has 0 radical (unpaired) electrons. The Morgan fingerprint density at radius 3 is 2.49 bits per heavy atom. The SMILES string of the molecule is CCCCn1cnc2c(C(=O)Nc3cccc(Cl)c3C)cc(NC(=O)c3cc(Cl)ccc3Cl)cc21. The van der Waals surface area contributed by atoms with Crippen molar-refractivity contribution in [2.45, 2.75) is 33.2 Å². The molecule has 1 heterocycles. The van der Waals surface area contributed by atoms with Crippen molar-refractivity contribution in [3.8, 4) is 0 Å². The molecule has 4 aromatic rings. The highest BCUT2D eigenvalue weighted by Crippen LogP contribution is 2.28. The summed E-state index contributed by atoms with van der Waals surface area (Å²) < 4.78 is 1.97. The van der Waals surface area contributed by atoms with Gasteiger partial charge < -0.3 is 15.2 Å². The van der Waals surface area contributed by atoms with Gasteiger partial charge in [0.1, 0.15) is 5.52 Å². The molecular weight excluding hydrogens is 507 g/mol. The van der Waals surface area contributed by atoms with Gasteiger partial charge in [-0.25, -0.2) is 4.98 Å². The molecule has 180 valence electrons. The van der Waals surface area contributed by atoms with Crippen molar-refractivity contribution in [2.75, 3.05) is 10.6 Å². The summed E-state index contributed by atoms with van der Waals surface area (Å²) in [6, 6.07) is 13.4. The van der Waals surface area contributed by atoms with Crippen LogP contribution in [0.5, 0.6) is 0 Å². The van der Waals surface area contributed by atoms with Gasteiger partial charge in [-0.15, -0.1) is 0 Å². The van der Waals surface area contributed by atoms with Gasteiger partial charge in [0, 0.05) is 28.0 Å². The van der Waals surface area contributed by atoms with Gasteiger partial charge in [0.05, 0.1) is 28.0 Å². The Balaban J connectivity index is 1.75. The van der Waals surface area contributed by atoms with Crippen molar-refractivity contribution in [3.05, 3.63) is 86.6 Å². The molecule has 0 aliphatic heterocycles. The van der Waals surface area contributed by atoms with Crippen molar-refractivity contribution < 1.29 is 9.59 Å². The van der Waals surface area contributed by atoms with Crippen LogP contribution in [0.1, 0.15) is 46.0 Å². The van der Waals surface area contributed by atoms with Crippen molar-refractivity contribution in [1.29, 1.82) is 0 Å². The average molecular weight is 530 g/mol. The highest BCUT2D eigenvalue weighted by atomic mass is 35.5. The van der Waals surface area contributed by atoms with Crippen LogP contribution in [-0.4, -0.2) is 21.4 Å². The number of hydrogen-bond acceptors (Lipinski definition) is 3. The number of hydrogen-bond donors (Lipinski definition) is 2. The number of nitrogens with zero attached hydrogens (tertiary/aromatic N) is 2. The van der Waals surface area contributed by atoms with Gasteiger partial charge >= 0.3 is 0 Å². The van der Waals surface area contributed by atoms with Crippen molar-refractivity contribution in [1.82, 2.24) is 9.55 Å². The van der Waals surface area contributed by atoms with E-state index < -0.39 is 5.91 Å². The Kier molecular flexibility index (Phi) is 7.65. The van der Waals surface area contributed by atoms with E-state index in [2.05, 4.69) is 22.5 Å². The highest BCUT2D eigenvalue weighted by molar-refractivity contribution is 6.36. The molecule has 0 saturated heterocycles. The zero-order chi connectivity index (χ0) is 25.1. The van der Waals surface area contributed by atoms with Crippen molar-refractivity contribution >= 4 is 69.0 Å². The van der Waals surface area contributed by atoms with Gasteiger partial charge in [-0.05, 0) is 61.4 Å². The summed E-state index contributed by atoms with van der Waals surface area (Å²) in [7, 11) is 0. The number of aromatic nitrogens is 2. The second-order valence-corrected chi connectivity index (χ2v) is 9.38. The van der Waals surface area contributed by atoms with Crippen LogP contribution < -0.4 is 10.6 Å². The summed E-state index contributed by atoms with van der Waals surface area (Å²) >= 11 is 18.5. The van der Waals surface area contributed by atoms with E-state index in [1.54, 1.807) is 48.8 Å². The average Bonchev–Trinajstić information content (AvgIpc) is 3.24. The first kappa shape index (κ1) is 25.0. The third kappa shape index (κ3) is 5.45. The topological polar surface area (TPSA) is 76.0 Å². The second kappa shape index (κ2) is 10.7. The predicted molar refractivity (Wildman–Crippen MR) is 143 cm³/mol. The van der Waals surface area contributed by atoms with Gasteiger partial charge in [0.2, 0.25) is 0 Å². The summed E-state index contributed by atoms with van der Waals surface area (Å²) in [5, 5.41) is 6.98. The van der Waals surface area contributed by atoms with E-state index in [4.69, 9.17) is 34.8 Å². The molecule has 6 nitrogen and oxygen atoms in total. The molecule has 9 heteroatoms. The molecule has 0 atom stereocenters. The molecule has 3 aromatic carbocycles. The molecule has 1 aromatic heterocycles. The summed E-state index contributed by atoms with van der Waals surface area (Å²) in [6.07, 6.45) is 3.66. The van der Waals surface area contributed by atoms with E-state index in [1.165, 1.54) is 6.07 Å². The molecule has 0 spiro atoms. The van der Waals surface area contributed by atoms with E-state index in [9.17, 15) is 9.59 Å². The van der Waals surface area contributed by atoms with Crippen LogP contribution >= 0.6 is 34.8 Å². The lowest BCUT2D eigenvalue weighted by Crippen LogP contribution is -2.16. The molecule has 0 aliphatic rings. The van der Waals surface area contributed by atoms with Gasteiger partial charge in [-0.1, -0.05) is 54.2 Å². The molecule has 0 unspecified atom stereocenters. The molecule has 0 bridgehead atoms. The minimum Gasteiger partial charge on any atom is -0.331 e. The first-order valence-corrected chi connectivity index (χ1v) is 12.2. The number of aryl methyl sites for hydroxylation is 1. The lowest BCUT2D eigenvalue weighted by Gasteiger charge is -2.13. The number of halogens is 3. The Labute approximate surface area is 218 Å². The number of carbonyl (C=O) groups is 2. The quantitative estimate of drug-likeness (QED) is 0.259. The number of nitrogens with one attached hydrogen (secondary N) is 2. The van der Waals surface area contributed by atoms with Crippen LogP contribution in [0.3, 0.4) is 0 Å². The van der Waals surface area contributed by atoms with Gasteiger partial charge in [-0.2, -0.15) is 0 Å². The van der Waals surface area contributed by atoms with Crippen LogP contribution in [0.15, 0.2) is 54.9 Å². The number of benzene rings is 3. The first-order valence-electron chi connectivity index (χ1n) is 11.1. The van der Waals surface area contributed by atoms with Gasteiger partial charge in [-0.3, -0.25) is 9.59 Å². The van der Waals surface area contributed by atoms with Crippen LogP contribution in [0.2, 0.25) is 15.1 Å². The Morgan fingerprint density at radius 1 is 0.943 bits per heavy atom. The summed E-state index contributed by atoms with van der Waals surface area (Å²) in [5.74, 6) is -0.800. The maximum absolute atomic E-state index is 13.4. The number of rotatable bonds is 7. The molecule has 0 saturated carbocycles. The van der Waals surface area contributed by atoms with E-state index in [-0.39, 0.29) is 16.5 Å². The number of unbranched alkanes of at least 4 members (excludes halogenated alkanes) is 1. The molecule has 2 amide bonds. The minimum atomic E-state index is -0.437. The molecule has 4 rings (SSSR count). The smallest absolute Gasteiger partial charge is 0.258 e. The maximum atomic E-state index is 13.4. The maximum Gasteiger partial charge on any atom is 0.258 e. The zero-order valence-electron chi connectivity index (χ0n) is 19.2. The van der Waals surface area contributed by atoms with E-state index >= 15 is 0 Å². The number of anilines is 2. The lowest BCUT2D eigenvalue weighted by molar-refractivity contribution is 0.101. The third-order valence-electron chi connectivity index (χ3n) is 5.67. The summed E-state index contributed by atoms with van der Waals surface area (Å²) in [5.41, 5.74) is 3.63. The van der Waals surface area contributed by atoms with Crippen LogP contribution in [-0.2, 0) is 6.54 Å². The van der Waals surface area contributed by atoms with Crippen molar-refractivity contribution in [3.63, 3.8) is 0 Å². The van der Waals surface area contributed by atoms with Gasteiger partial charge in [0.15, 0.2) is 0 Å². The van der Waals surface area contributed by atoms with E-state index in [0.29, 0.717) is 32.5 Å². The van der Waals surface area contributed by atoms with E-state index in [1.807, 2.05) is 11.5 Å². The summed E-state index contributed by atoms with van der Waals surface area (Å²) in [4.78, 5) is 30.9. The van der Waals surface area contributed by atoms with Crippen LogP contribution in [0, 0.1) is 6.92 Å². The molecule has 0 fully saturated rings. The number of carbonyl (C=O) groups excluding carboxylic acids is 2. The first-order chi connectivity index (χ1) is 16.8. The Bertz CT molecular complexity index is 1430. The van der Waals surface area contributed by atoms with Gasteiger partial charge in [0.25, 0.3) is 11.8 Å². The Morgan fingerprint density at radius 2 is 1.71 bits per heavy atom. The molecule has 2 N–H and O–H groups in total. The Hall–Kier alpha value is -3.06. The van der Waals surface area contributed by atoms with Crippen molar-refractivity contribution in [2.24, 2.45) is 0 Å². The normalized spacial score (nSPS) is 11.0. The molecule has 0 aliphatic carbocycles. The lowest BCUT2D eigenvalue weighted by atomic mass is 10.1. The molecule has 35 heavy (non-hydrogen) atoms. The monoisotopic (exact) mass is 528 g/mol. The fourth-order valence-corrected chi connectivity index (χ4v) is 4.27. The number of amides is 2. The van der Waals surface area contributed by atoms with Crippen LogP contribution in [0.25, 0.3) is 11.0 Å². The zero-order valence-corrected chi connectivity index (χ0v) is 21.4.